The smallest absolute Gasteiger partial charge is 0.412 e. The third kappa shape index (κ3) is 4.56. The summed E-state index contributed by atoms with van der Waals surface area (Å²) in [7, 11) is 0. The van der Waals surface area contributed by atoms with Crippen LogP contribution in [0.15, 0.2) is 15.8 Å². The van der Waals surface area contributed by atoms with Crippen molar-refractivity contribution in [2.45, 2.75) is 65.5 Å². The molecule has 5 atom stereocenters. The number of H-pyrrole nitrogens is 1. The van der Waals surface area contributed by atoms with Gasteiger partial charge < -0.3 is 14.6 Å². The lowest BCUT2D eigenvalue weighted by Gasteiger charge is -2.37. The number of hydrogen-bond donors (Lipinski definition) is 2. The number of rotatable bonds is 4. The number of nitrogens with one attached hydrogen (secondary N) is 1. The van der Waals surface area contributed by atoms with Crippen molar-refractivity contribution in [3.05, 3.63) is 32.6 Å². The van der Waals surface area contributed by atoms with Crippen molar-refractivity contribution in [2.24, 2.45) is 17.8 Å². The standard InChI is InChI=1S/C20H31N3O6/c1-11(2)14-6-5-12(3)7-15(14)28-20(27)23-9-16(29-17(23)10-24)22-8-13(4)18(25)21-19(22)26/h8,11-12,14-17,24H,5-7,9-10H2,1-4H3,(H,21,25,26)/t12-,14+,15-,16+,17-/m1/s1. The molecule has 9 heteroatoms. The molecule has 0 unspecified atom stereocenters. The van der Waals surface area contributed by atoms with E-state index in [1.807, 2.05) is 0 Å². The van der Waals surface area contributed by atoms with E-state index in [2.05, 4.69) is 25.8 Å². The molecule has 1 aliphatic carbocycles. The van der Waals surface area contributed by atoms with E-state index >= 15 is 0 Å². The van der Waals surface area contributed by atoms with Crippen LogP contribution in [-0.4, -0.2) is 51.1 Å². The SMILES string of the molecule is Cc1cn([C@@H]2CN(C(=O)O[C@@H]3C[C@H](C)CC[C@H]3C(C)C)[C@@H](CO)O2)c(=O)[nH]c1=O. The normalized spacial score (nSPS) is 30.0. The fraction of sp³-hybridized carbons (Fsp3) is 0.750. The maximum atomic E-state index is 12.9. The van der Waals surface area contributed by atoms with Gasteiger partial charge in [-0.1, -0.05) is 27.2 Å². The lowest BCUT2D eigenvalue weighted by molar-refractivity contribution is -0.0645. The average Bonchev–Trinajstić information content (AvgIpc) is 3.08. The van der Waals surface area contributed by atoms with Gasteiger partial charge in [-0.2, -0.15) is 0 Å². The molecule has 9 nitrogen and oxygen atoms in total. The van der Waals surface area contributed by atoms with Crippen molar-refractivity contribution in [2.75, 3.05) is 13.2 Å². The van der Waals surface area contributed by atoms with Crippen molar-refractivity contribution >= 4 is 6.09 Å². The number of aromatic amines is 1. The highest BCUT2D eigenvalue weighted by atomic mass is 16.6. The first kappa shape index (κ1) is 21.6. The Hall–Kier alpha value is -2.13. The Bertz CT molecular complexity index is 847. The first-order valence-corrected chi connectivity index (χ1v) is 10.3. The first-order valence-electron chi connectivity index (χ1n) is 10.3. The van der Waals surface area contributed by atoms with Crippen molar-refractivity contribution in [1.82, 2.24) is 14.5 Å². The zero-order valence-corrected chi connectivity index (χ0v) is 17.5. The van der Waals surface area contributed by atoms with Crippen LogP contribution in [0.1, 0.15) is 51.8 Å². The summed E-state index contributed by atoms with van der Waals surface area (Å²) in [4.78, 5) is 40.2. The number of carbonyl (C=O) groups is 1. The van der Waals surface area contributed by atoms with E-state index in [9.17, 15) is 19.5 Å². The Labute approximate surface area is 169 Å². The highest BCUT2D eigenvalue weighted by Gasteiger charge is 2.41. The van der Waals surface area contributed by atoms with Gasteiger partial charge in [-0.15, -0.1) is 0 Å². The maximum Gasteiger partial charge on any atom is 0.412 e. The first-order chi connectivity index (χ1) is 13.7. The number of nitrogens with zero attached hydrogens (tertiary/aromatic N) is 2. The number of aryl methyl sites for hydroxylation is 1. The maximum absolute atomic E-state index is 12.9. The van der Waals surface area contributed by atoms with Crippen LogP contribution in [0.5, 0.6) is 0 Å². The zero-order valence-electron chi connectivity index (χ0n) is 17.5. The van der Waals surface area contributed by atoms with E-state index < -0.39 is 36.4 Å². The predicted octanol–water partition coefficient (Wildman–Crippen LogP) is 1.59. The van der Waals surface area contributed by atoms with Crippen LogP contribution >= 0.6 is 0 Å². The topological polar surface area (TPSA) is 114 Å². The molecule has 1 amide bonds. The van der Waals surface area contributed by atoms with Crippen molar-refractivity contribution in [3.63, 3.8) is 0 Å². The van der Waals surface area contributed by atoms with Gasteiger partial charge in [0, 0.05) is 11.8 Å². The lowest BCUT2D eigenvalue weighted by Crippen LogP contribution is -2.43. The zero-order chi connectivity index (χ0) is 21.3. The third-order valence-electron chi connectivity index (χ3n) is 6.08. The summed E-state index contributed by atoms with van der Waals surface area (Å²) in [5.41, 5.74) is -0.741. The van der Waals surface area contributed by atoms with Gasteiger partial charge in [0.15, 0.2) is 12.5 Å². The summed E-state index contributed by atoms with van der Waals surface area (Å²) in [5, 5.41) is 9.69. The van der Waals surface area contributed by atoms with E-state index in [-0.39, 0.29) is 12.6 Å². The molecule has 0 spiro atoms. The van der Waals surface area contributed by atoms with Gasteiger partial charge in [0.2, 0.25) is 0 Å². The summed E-state index contributed by atoms with van der Waals surface area (Å²) in [6, 6.07) is 0. The van der Waals surface area contributed by atoms with Crippen LogP contribution in [0.3, 0.4) is 0 Å². The molecule has 0 bridgehead atoms. The Morgan fingerprint density at radius 3 is 2.76 bits per heavy atom. The molecule has 1 aromatic rings. The molecule has 1 aromatic heterocycles. The Kier molecular flexibility index (Phi) is 6.48. The van der Waals surface area contributed by atoms with Crippen LogP contribution in [0.2, 0.25) is 0 Å². The van der Waals surface area contributed by atoms with Gasteiger partial charge in [0.05, 0.1) is 13.2 Å². The van der Waals surface area contributed by atoms with Gasteiger partial charge in [0.25, 0.3) is 5.56 Å². The second kappa shape index (κ2) is 8.71. The number of aliphatic hydroxyl groups excluding tert-OH is 1. The molecular formula is C20H31N3O6. The minimum absolute atomic E-state index is 0.0457. The summed E-state index contributed by atoms with van der Waals surface area (Å²) in [5.74, 6) is 1.19. The van der Waals surface area contributed by atoms with Crippen LogP contribution in [0.25, 0.3) is 0 Å². The van der Waals surface area contributed by atoms with E-state index in [0.717, 1.165) is 19.3 Å². The molecule has 162 valence electrons. The highest BCUT2D eigenvalue weighted by Crippen LogP contribution is 2.36. The molecule has 0 aromatic carbocycles. The molecule has 1 saturated heterocycles. The van der Waals surface area contributed by atoms with Crippen LogP contribution < -0.4 is 11.2 Å². The number of amides is 1. The largest absolute Gasteiger partial charge is 0.446 e. The Morgan fingerprint density at radius 2 is 2.10 bits per heavy atom. The third-order valence-corrected chi connectivity index (χ3v) is 6.08. The predicted molar refractivity (Wildman–Crippen MR) is 105 cm³/mol. The number of aromatic nitrogens is 2. The number of hydrogen-bond acceptors (Lipinski definition) is 6. The Balaban J connectivity index is 1.76. The molecule has 0 radical (unpaired) electrons. The fourth-order valence-electron chi connectivity index (χ4n) is 4.32. The molecular weight excluding hydrogens is 378 g/mol. The molecule has 1 aliphatic heterocycles. The van der Waals surface area contributed by atoms with E-state index in [1.165, 1.54) is 15.7 Å². The Morgan fingerprint density at radius 1 is 1.38 bits per heavy atom. The number of aliphatic hydroxyl groups is 1. The average molecular weight is 409 g/mol. The van der Waals surface area contributed by atoms with Gasteiger partial charge in [-0.05, 0) is 37.5 Å². The highest BCUT2D eigenvalue weighted by molar-refractivity contribution is 5.68. The quantitative estimate of drug-likeness (QED) is 0.781. The molecule has 2 heterocycles. The van der Waals surface area contributed by atoms with E-state index in [0.29, 0.717) is 23.3 Å². The van der Waals surface area contributed by atoms with Gasteiger partial charge in [0.1, 0.15) is 6.10 Å². The summed E-state index contributed by atoms with van der Waals surface area (Å²) in [6.07, 6.45) is 1.90. The second-order valence-electron chi connectivity index (χ2n) is 8.61. The fourth-order valence-corrected chi connectivity index (χ4v) is 4.32. The monoisotopic (exact) mass is 409 g/mol. The summed E-state index contributed by atoms with van der Waals surface area (Å²) >= 11 is 0. The number of carbonyl (C=O) groups excluding carboxylic acids is 1. The molecule has 2 aliphatic rings. The molecule has 1 saturated carbocycles. The van der Waals surface area contributed by atoms with Crippen molar-refractivity contribution in [1.29, 1.82) is 0 Å². The molecule has 2 fully saturated rings. The van der Waals surface area contributed by atoms with Gasteiger partial charge >= 0.3 is 11.8 Å². The number of ether oxygens (including phenoxy) is 2. The minimum atomic E-state index is -0.912. The lowest BCUT2D eigenvalue weighted by atomic mass is 9.75. The van der Waals surface area contributed by atoms with E-state index in [1.54, 1.807) is 6.92 Å². The van der Waals surface area contributed by atoms with Crippen molar-refractivity contribution in [3.8, 4) is 0 Å². The molecule has 3 rings (SSSR count). The summed E-state index contributed by atoms with van der Waals surface area (Å²) in [6.45, 7) is 7.64. The van der Waals surface area contributed by atoms with Gasteiger partial charge in [-0.3, -0.25) is 19.2 Å². The minimum Gasteiger partial charge on any atom is -0.446 e. The van der Waals surface area contributed by atoms with E-state index in [4.69, 9.17) is 9.47 Å². The van der Waals surface area contributed by atoms with Gasteiger partial charge in [-0.25, -0.2) is 9.59 Å². The van der Waals surface area contributed by atoms with Crippen LogP contribution in [0, 0.1) is 24.7 Å². The molecule has 2 N–H and O–H groups in total. The van der Waals surface area contributed by atoms with Crippen molar-refractivity contribution < 1.29 is 19.4 Å². The second-order valence-corrected chi connectivity index (χ2v) is 8.61. The summed E-state index contributed by atoms with van der Waals surface area (Å²) < 4.78 is 12.8. The van der Waals surface area contributed by atoms with Crippen LogP contribution in [-0.2, 0) is 9.47 Å². The van der Waals surface area contributed by atoms with Crippen LogP contribution in [0.4, 0.5) is 4.79 Å². The molecule has 29 heavy (non-hydrogen) atoms.